The molecule has 0 radical (unpaired) electrons. The standard InChI is InChI=1S/C18H17FN2O3S/c1-12-3-2-4-16(9-12)23-10-15(22)11-25-18-21-20-17(24-18)13-5-7-14(19)8-6-13/h2-9,15,22H,10-11H2,1H3/t15-/m1/s1. The second kappa shape index (κ2) is 8.13. The quantitative estimate of drug-likeness (QED) is 0.648. The Morgan fingerprint density at radius 3 is 2.76 bits per heavy atom. The van der Waals surface area contributed by atoms with Crippen molar-refractivity contribution in [3.63, 3.8) is 0 Å². The van der Waals surface area contributed by atoms with Crippen LogP contribution < -0.4 is 4.74 Å². The zero-order chi connectivity index (χ0) is 17.6. The molecule has 5 nitrogen and oxygen atoms in total. The molecule has 3 aromatic rings. The number of nitrogens with zero attached hydrogens (tertiary/aromatic N) is 2. The Balaban J connectivity index is 1.49. The van der Waals surface area contributed by atoms with Crippen molar-refractivity contribution in [3.05, 3.63) is 59.9 Å². The minimum Gasteiger partial charge on any atom is -0.491 e. The number of aliphatic hydroxyl groups is 1. The molecule has 0 saturated heterocycles. The summed E-state index contributed by atoms with van der Waals surface area (Å²) in [5, 5.41) is 18.2. The molecule has 0 spiro atoms. The van der Waals surface area contributed by atoms with Gasteiger partial charge in [0, 0.05) is 11.3 Å². The van der Waals surface area contributed by atoms with Crippen LogP contribution >= 0.6 is 11.8 Å². The number of aromatic nitrogens is 2. The van der Waals surface area contributed by atoms with Crippen molar-refractivity contribution in [3.8, 4) is 17.2 Å². The van der Waals surface area contributed by atoms with Gasteiger partial charge in [-0.2, -0.15) is 0 Å². The number of halogens is 1. The summed E-state index contributed by atoms with van der Waals surface area (Å²) < 4.78 is 24.0. The highest BCUT2D eigenvalue weighted by molar-refractivity contribution is 7.99. The maximum atomic E-state index is 12.9. The van der Waals surface area contributed by atoms with E-state index >= 15 is 0 Å². The smallest absolute Gasteiger partial charge is 0.276 e. The largest absolute Gasteiger partial charge is 0.491 e. The summed E-state index contributed by atoms with van der Waals surface area (Å²) in [6.07, 6.45) is -0.674. The zero-order valence-electron chi connectivity index (χ0n) is 13.6. The van der Waals surface area contributed by atoms with Gasteiger partial charge < -0.3 is 14.3 Å². The number of thioether (sulfide) groups is 1. The Kier molecular flexibility index (Phi) is 5.67. The van der Waals surface area contributed by atoms with Crippen LogP contribution in [0, 0.1) is 12.7 Å². The van der Waals surface area contributed by atoms with Crippen LogP contribution in [0.1, 0.15) is 5.56 Å². The van der Waals surface area contributed by atoms with Gasteiger partial charge in [-0.25, -0.2) is 4.39 Å². The SMILES string of the molecule is Cc1cccc(OC[C@@H](O)CSc2nnc(-c3ccc(F)cc3)o2)c1. The van der Waals surface area contributed by atoms with Crippen molar-refractivity contribution < 1.29 is 18.7 Å². The summed E-state index contributed by atoms with van der Waals surface area (Å²) in [4.78, 5) is 0. The molecule has 3 rings (SSSR count). The Morgan fingerprint density at radius 1 is 1.20 bits per heavy atom. The first-order valence-electron chi connectivity index (χ1n) is 7.70. The zero-order valence-corrected chi connectivity index (χ0v) is 14.4. The molecule has 1 aromatic heterocycles. The van der Waals surface area contributed by atoms with E-state index in [2.05, 4.69) is 10.2 Å². The highest BCUT2D eigenvalue weighted by Gasteiger charge is 2.12. The van der Waals surface area contributed by atoms with Gasteiger partial charge >= 0.3 is 0 Å². The summed E-state index contributed by atoms with van der Waals surface area (Å²) in [7, 11) is 0. The highest BCUT2D eigenvalue weighted by Crippen LogP contribution is 2.24. The molecule has 1 atom stereocenters. The predicted molar refractivity (Wildman–Crippen MR) is 93.1 cm³/mol. The van der Waals surface area contributed by atoms with Crippen LogP contribution in [0.2, 0.25) is 0 Å². The molecule has 1 heterocycles. The molecule has 0 fully saturated rings. The molecule has 1 N–H and O–H groups in total. The van der Waals surface area contributed by atoms with Gasteiger partial charge in [0.2, 0.25) is 5.89 Å². The van der Waals surface area contributed by atoms with Crippen molar-refractivity contribution in [1.82, 2.24) is 10.2 Å². The minimum atomic E-state index is -0.674. The fourth-order valence-electron chi connectivity index (χ4n) is 2.09. The van der Waals surface area contributed by atoms with Crippen LogP contribution in [0.15, 0.2) is 58.2 Å². The predicted octanol–water partition coefficient (Wildman–Crippen LogP) is 3.72. The van der Waals surface area contributed by atoms with Crippen molar-refractivity contribution in [2.75, 3.05) is 12.4 Å². The Bertz CT molecular complexity index is 823. The number of benzene rings is 2. The molecule has 0 saturated carbocycles. The van der Waals surface area contributed by atoms with E-state index in [9.17, 15) is 9.50 Å². The summed E-state index contributed by atoms with van der Waals surface area (Å²) in [5.41, 5.74) is 1.74. The third kappa shape index (κ3) is 5.04. The third-order valence-corrected chi connectivity index (χ3v) is 4.29. The minimum absolute atomic E-state index is 0.176. The molecule has 0 amide bonds. The lowest BCUT2D eigenvalue weighted by molar-refractivity contribution is 0.126. The molecule has 0 aliphatic carbocycles. The van der Waals surface area contributed by atoms with Gasteiger partial charge in [0.05, 0.1) is 6.10 Å². The molecular formula is C18H17FN2O3S. The van der Waals surface area contributed by atoms with Crippen LogP contribution in [0.25, 0.3) is 11.5 Å². The molecular weight excluding hydrogens is 343 g/mol. The van der Waals surface area contributed by atoms with E-state index in [1.165, 1.54) is 23.9 Å². The fraction of sp³-hybridized carbons (Fsp3) is 0.222. The Labute approximate surface area is 148 Å². The van der Waals surface area contributed by atoms with Crippen LogP contribution in [-0.2, 0) is 0 Å². The van der Waals surface area contributed by atoms with E-state index in [-0.39, 0.29) is 12.4 Å². The van der Waals surface area contributed by atoms with E-state index in [4.69, 9.17) is 9.15 Å². The monoisotopic (exact) mass is 360 g/mol. The molecule has 2 aromatic carbocycles. The van der Waals surface area contributed by atoms with Crippen molar-refractivity contribution >= 4 is 11.8 Å². The summed E-state index contributed by atoms with van der Waals surface area (Å²) in [5.74, 6) is 1.07. The Morgan fingerprint density at radius 2 is 2.00 bits per heavy atom. The van der Waals surface area contributed by atoms with E-state index in [0.717, 1.165) is 11.3 Å². The van der Waals surface area contributed by atoms with Gasteiger partial charge in [-0.05, 0) is 48.9 Å². The van der Waals surface area contributed by atoms with Gasteiger partial charge in [0.1, 0.15) is 18.2 Å². The first kappa shape index (κ1) is 17.4. The number of ether oxygens (including phenoxy) is 1. The number of hydrogen-bond acceptors (Lipinski definition) is 6. The Hall–Kier alpha value is -2.38. The van der Waals surface area contributed by atoms with E-state index < -0.39 is 6.10 Å². The lowest BCUT2D eigenvalue weighted by Crippen LogP contribution is -2.20. The van der Waals surface area contributed by atoms with E-state index in [1.54, 1.807) is 12.1 Å². The molecule has 0 aliphatic heterocycles. The normalized spacial score (nSPS) is 12.1. The molecule has 7 heteroatoms. The maximum absolute atomic E-state index is 12.9. The second-order valence-electron chi connectivity index (χ2n) is 5.47. The lowest BCUT2D eigenvalue weighted by Gasteiger charge is -2.11. The summed E-state index contributed by atoms with van der Waals surface area (Å²) >= 11 is 1.24. The number of hydrogen-bond donors (Lipinski definition) is 1. The highest BCUT2D eigenvalue weighted by atomic mass is 32.2. The van der Waals surface area contributed by atoms with E-state index in [1.807, 2.05) is 31.2 Å². The van der Waals surface area contributed by atoms with Crippen LogP contribution in [-0.4, -0.2) is 33.8 Å². The first-order chi connectivity index (χ1) is 12.1. The molecule has 25 heavy (non-hydrogen) atoms. The van der Waals surface area contributed by atoms with Crippen LogP contribution in [0.3, 0.4) is 0 Å². The third-order valence-electron chi connectivity index (χ3n) is 3.33. The van der Waals surface area contributed by atoms with E-state index in [0.29, 0.717) is 22.4 Å². The van der Waals surface area contributed by atoms with Crippen LogP contribution in [0.4, 0.5) is 4.39 Å². The lowest BCUT2D eigenvalue weighted by atomic mass is 10.2. The molecule has 0 bridgehead atoms. The van der Waals surface area contributed by atoms with Crippen LogP contribution in [0.5, 0.6) is 5.75 Å². The fourth-order valence-corrected chi connectivity index (χ4v) is 2.76. The van der Waals surface area contributed by atoms with Gasteiger partial charge in [-0.3, -0.25) is 0 Å². The molecule has 130 valence electrons. The van der Waals surface area contributed by atoms with Gasteiger partial charge in [0.25, 0.3) is 5.22 Å². The average Bonchev–Trinajstić information content (AvgIpc) is 3.08. The number of aliphatic hydroxyl groups excluding tert-OH is 1. The summed E-state index contributed by atoms with van der Waals surface area (Å²) in [6.45, 7) is 2.16. The van der Waals surface area contributed by atoms with Crippen molar-refractivity contribution in [2.24, 2.45) is 0 Å². The molecule has 0 aliphatic rings. The average molecular weight is 360 g/mol. The van der Waals surface area contributed by atoms with Gasteiger partial charge in [0.15, 0.2) is 0 Å². The van der Waals surface area contributed by atoms with Gasteiger partial charge in [-0.15, -0.1) is 10.2 Å². The van der Waals surface area contributed by atoms with Crippen molar-refractivity contribution in [2.45, 2.75) is 18.3 Å². The van der Waals surface area contributed by atoms with Gasteiger partial charge in [-0.1, -0.05) is 23.9 Å². The molecule has 0 unspecified atom stereocenters. The second-order valence-corrected chi connectivity index (χ2v) is 6.44. The topological polar surface area (TPSA) is 68.4 Å². The maximum Gasteiger partial charge on any atom is 0.276 e. The van der Waals surface area contributed by atoms with Crippen molar-refractivity contribution in [1.29, 1.82) is 0 Å². The summed E-state index contributed by atoms with van der Waals surface area (Å²) in [6, 6.07) is 13.4. The number of aryl methyl sites for hydroxylation is 1. The first-order valence-corrected chi connectivity index (χ1v) is 8.68. The number of rotatable bonds is 7.